The van der Waals surface area contributed by atoms with Crippen LogP contribution in [0.5, 0.6) is 17.2 Å². The Morgan fingerprint density at radius 3 is 2.39 bits per heavy atom. The lowest BCUT2D eigenvalue weighted by Crippen LogP contribution is -2.22. The van der Waals surface area contributed by atoms with Gasteiger partial charge in [-0.05, 0) is 43.4 Å². The van der Waals surface area contributed by atoms with Crippen molar-refractivity contribution in [1.82, 2.24) is 4.90 Å². The van der Waals surface area contributed by atoms with E-state index in [2.05, 4.69) is 18.7 Å². The van der Waals surface area contributed by atoms with Crippen LogP contribution in [0.3, 0.4) is 0 Å². The topological polar surface area (TPSA) is 72.1 Å². The average molecular weight is 383 g/mol. The first-order valence-electron chi connectivity index (χ1n) is 9.25. The van der Waals surface area contributed by atoms with Gasteiger partial charge in [-0.25, -0.2) is 4.79 Å². The molecule has 1 aromatic heterocycles. The third-order valence-electron chi connectivity index (χ3n) is 4.96. The van der Waals surface area contributed by atoms with Gasteiger partial charge in [-0.1, -0.05) is 13.8 Å². The summed E-state index contributed by atoms with van der Waals surface area (Å²) in [5, 5.41) is 11.1. The van der Waals surface area contributed by atoms with Gasteiger partial charge in [0.2, 0.25) is 0 Å². The van der Waals surface area contributed by atoms with E-state index in [1.54, 1.807) is 50.6 Å². The third kappa shape index (κ3) is 3.68. The number of nitrogens with zero attached hydrogens (tertiary/aromatic N) is 1. The highest BCUT2D eigenvalue weighted by Crippen LogP contribution is 2.34. The van der Waals surface area contributed by atoms with Crippen LogP contribution in [0.4, 0.5) is 0 Å². The van der Waals surface area contributed by atoms with E-state index in [0.717, 1.165) is 18.5 Å². The van der Waals surface area contributed by atoms with Crippen molar-refractivity contribution in [3.63, 3.8) is 0 Å². The minimum atomic E-state index is -0.484. The van der Waals surface area contributed by atoms with Gasteiger partial charge < -0.3 is 19.0 Å². The summed E-state index contributed by atoms with van der Waals surface area (Å²) in [5.74, 6) is 1.28. The maximum atomic E-state index is 12.8. The zero-order valence-electron chi connectivity index (χ0n) is 16.6. The van der Waals surface area contributed by atoms with Crippen molar-refractivity contribution < 1.29 is 19.0 Å². The van der Waals surface area contributed by atoms with E-state index < -0.39 is 5.63 Å². The molecule has 0 bridgehead atoms. The molecular formula is C22H25NO5. The van der Waals surface area contributed by atoms with Crippen molar-refractivity contribution in [2.24, 2.45) is 0 Å². The van der Waals surface area contributed by atoms with Crippen molar-refractivity contribution in [2.75, 3.05) is 27.3 Å². The molecule has 0 saturated heterocycles. The van der Waals surface area contributed by atoms with Gasteiger partial charge in [0, 0.05) is 23.6 Å². The van der Waals surface area contributed by atoms with E-state index in [4.69, 9.17) is 13.9 Å². The number of aromatic hydroxyl groups is 1. The van der Waals surface area contributed by atoms with Crippen LogP contribution in [0.15, 0.2) is 45.6 Å². The first-order chi connectivity index (χ1) is 13.5. The number of hydrogen-bond acceptors (Lipinski definition) is 6. The molecule has 0 spiro atoms. The van der Waals surface area contributed by atoms with Crippen LogP contribution in [0.25, 0.3) is 22.1 Å². The lowest BCUT2D eigenvalue weighted by molar-refractivity contribution is 0.290. The normalized spacial score (nSPS) is 11.2. The van der Waals surface area contributed by atoms with Crippen molar-refractivity contribution in [3.05, 3.63) is 52.4 Å². The Hall–Kier alpha value is -2.99. The van der Waals surface area contributed by atoms with E-state index >= 15 is 0 Å². The number of phenolic OH excluding ortho intramolecular Hbond substituents is 1. The summed E-state index contributed by atoms with van der Waals surface area (Å²) in [5.41, 5.74) is 1.56. The van der Waals surface area contributed by atoms with Crippen molar-refractivity contribution in [2.45, 2.75) is 20.4 Å². The van der Waals surface area contributed by atoms with E-state index in [9.17, 15) is 9.90 Å². The summed E-state index contributed by atoms with van der Waals surface area (Å²) < 4.78 is 16.3. The molecule has 6 nitrogen and oxygen atoms in total. The third-order valence-corrected chi connectivity index (χ3v) is 4.96. The second kappa shape index (κ2) is 8.35. The molecule has 0 radical (unpaired) electrons. The van der Waals surface area contributed by atoms with Gasteiger partial charge in [0.25, 0.3) is 0 Å². The molecule has 0 amide bonds. The molecule has 3 rings (SSSR count). The Labute approximate surface area is 163 Å². The molecule has 1 N–H and O–H groups in total. The first kappa shape index (κ1) is 19.8. The second-order valence-electron chi connectivity index (χ2n) is 6.46. The molecule has 3 aromatic rings. The standard InChI is InChI=1S/C22H25NO5/c1-5-23(6-2)13-18-19(24)10-7-14-11-17(22(25)28-21(14)18)16-9-8-15(26-3)12-20(16)27-4/h7-12,24H,5-6,13H2,1-4H3. The van der Waals surface area contributed by atoms with Crippen LogP contribution in [0, 0.1) is 0 Å². The monoisotopic (exact) mass is 383 g/mol. The van der Waals surface area contributed by atoms with Gasteiger partial charge in [0.1, 0.15) is 22.8 Å². The number of phenols is 1. The van der Waals surface area contributed by atoms with Crippen LogP contribution in [-0.2, 0) is 6.54 Å². The van der Waals surface area contributed by atoms with Crippen LogP contribution in [-0.4, -0.2) is 37.3 Å². The Bertz CT molecular complexity index is 1040. The largest absolute Gasteiger partial charge is 0.507 e. The first-order valence-corrected chi connectivity index (χ1v) is 9.25. The van der Waals surface area contributed by atoms with Gasteiger partial charge in [0.15, 0.2) is 0 Å². The molecule has 148 valence electrons. The minimum Gasteiger partial charge on any atom is -0.507 e. The molecule has 1 heterocycles. The van der Waals surface area contributed by atoms with Gasteiger partial charge in [-0.15, -0.1) is 0 Å². The zero-order chi connectivity index (χ0) is 20.3. The van der Waals surface area contributed by atoms with Crippen LogP contribution in [0.1, 0.15) is 19.4 Å². The van der Waals surface area contributed by atoms with Crippen molar-refractivity contribution in [1.29, 1.82) is 0 Å². The highest BCUT2D eigenvalue weighted by atomic mass is 16.5. The number of rotatable bonds is 7. The van der Waals surface area contributed by atoms with Crippen LogP contribution < -0.4 is 15.1 Å². The fraction of sp³-hybridized carbons (Fsp3) is 0.318. The van der Waals surface area contributed by atoms with E-state index in [-0.39, 0.29) is 5.75 Å². The van der Waals surface area contributed by atoms with Crippen LogP contribution in [0.2, 0.25) is 0 Å². The molecule has 0 aliphatic rings. The molecule has 28 heavy (non-hydrogen) atoms. The predicted molar refractivity (Wildman–Crippen MR) is 109 cm³/mol. The second-order valence-corrected chi connectivity index (χ2v) is 6.46. The Balaban J connectivity index is 2.17. The summed E-state index contributed by atoms with van der Waals surface area (Å²) in [4.78, 5) is 14.9. The molecule has 0 aliphatic carbocycles. The molecule has 0 atom stereocenters. The highest BCUT2D eigenvalue weighted by molar-refractivity contribution is 5.86. The summed E-state index contributed by atoms with van der Waals surface area (Å²) in [6.07, 6.45) is 0. The van der Waals surface area contributed by atoms with Gasteiger partial charge in [0.05, 0.1) is 25.3 Å². The molecule has 0 aliphatic heterocycles. The van der Waals surface area contributed by atoms with Crippen LogP contribution >= 0.6 is 0 Å². The van der Waals surface area contributed by atoms with E-state index in [1.165, 1.54) is 0 Å². The molecule has 0 saturated carbocycles. The van der Waals surface area contributed by atoms with Gasteiger partial charge in [-0.2, -0.15) is 0 Å². The predicted octanol–water partition coefficient (Wildman–Crippen LogP) is 4.02. The molecule has 0 unspecified atom stereocenters. The SMILES string of the molecule is CCN(CC)Cc1c(O)ccc2cc(-c3ccc(OC)cc3OC)c(=O)oc12. The summed E-state index contributed by atoms with van der Waals surface area (Å²) >= 11 is 0. The van der Waals surface area contributed by atoms with Crippen molar-refractivity contribution in [3.8, 4) is 28.4 Å². The number of fused-ring (bicyclic) bond motifs is 1. The number of methoxy groups -OCH3 is 2. The fourth-order valence-corrected chi connectivity index (χ4v) is 3.26. The molecule has 2 aromatic carbocycles. The number of hydrogen-bond donors (Lipinski definition) is 1. The number of ether oxygens (including phenoxy) is 2. The smallest absolute Gasteiger partial charge is 0.344 e. The molecule has 0 fully saturated rings. The summed E-state index contributed by atoms with van der Waals surface area (Å²) in [6, 6.07) is 10.4. The maximum Gasteiger partial charge on any atom is 0.344 e. The molecular weight excluding hydrogens is 358 g/mol. The Kier molecular flexibility index (Phi) is 5.90. The maximum absolute atomic E-state index is 12.8. The lowest BCUT2D eigenvalue weighted by Gasteiger charge is -2.19. The van der Waals surface area contributed by atoms with Gasteiger partial charge >= 0.3 is 5.63 Å². The lowest BCUT2D eigenvalue weighted by atomic mass is 10.0. The minimum absolute atomic E-state index is 0.123. The average Bonchev–Trinajstić information content (AvgIpc) is 2.72. The highest BCUT2D eigenvalue weighted by Gasteiger charge is 2.17. The van der Waals surface area contributed by atoms with Gasteiger partial charge in [-0.3, -0.25) is 4.90 Å². The van der Waals surface area contributed by atoms with Crippen molar-refractivity contribution >= 4 is 11.0 Å². The quantitative estimate of drug-likeness (QED) is 0.621. The van der Waals surface area contributed by atoms with E-state index in [1.807, 2.05) is 0 Å². The molecule has 6 heteroatoms. The Morgan fingerprint density at radius 2 is 1.75 bits per heavy atom. The fourth-order valence-electron chi connectivity index (χ4n) is 3.26. The number of benzene rings is 2. The summed E-state index contributed by atoms with van der Waals surface area (Å²) in [6.45, 7) is 6.27. The summed E-state index contributed by atoms with van der Waals surface area (Å²) in [7, 11) is 3.11. The van der Waals surface area contributed by atoms with E-state index in [0.29, 0.717) is 40.3 Å². The zero-order valence-corrected chi connectivity index (χ0v) is 16.6. The Morgan fingerprint density at radius 1 is 1.00 bits per heavy atom.